The molecule has 1 aliphatic rings. The van der Waals surface area contributed by atoms with Gasteiger partial charge in [-0.05, 0) is 18.2 Å². The first-order valence-corrected chi connectivity index (χ1v) is 7.22. The van der Waals surface area contributed by atoms with E-state index < -0.39 is 17.8 Å². The van der Waals surface area contributed by atoms with Gasteiger partial charge in [0.1, 0.15) is 6.04 Å². The molecule has 1 aromatic rings. The fourth-order valence-corrected chi connectivity index (χ4v) is 2.48. The number of alkyl halides is 3. The lowest BCUT2D eigenvalue weighted by Gasteiger charge is -2.07. The van der Waals surface area contributed by atoms with Gasteiger partial charge in [0.25, 0.3) is 5.24 Å². The van der Waals surface area contributed by atoms with Crippen LogP contribution >= 0.6 is 11.8 Å². The first-order chi connectivity index (χ1) is 10.4. The molecule has 0 aliphatic carbocycles. The van der Waals surface area contributed by atoms with Gasteiger partial charge < -0.3 is 10.6 Å². The maximum absolute atomic E-state index is 12.5. The van der Waals surface area contributed by atoms with Crippen LogP contribution in [-0.2, 0) is 11.0 Å². The summed E-state index contributed by atoms with van der Waals surface area (Å²) in [6.07, 6.45) is -4.41. The Balaban J connectivity index is 1.89. The van der Waals surface area contributed by atoms with Crippen molar-refractivity contribution in [3.63, 3.8) is 0 Å². The smallest absolute Gasteiger partial charge is 0.343 e. The molecule has 2 N–H and O–H groups in total. The van der Waals surface area contributed by atoms with Gasteiger partial charge >= 0.3 is 6.18 Å². The molecule has 22 heavy (non-hydrogen) atoms. The molecular formula is C14H11F3N2O2S. The lowest BCUT2D eigenvalue weighted by atomic mass is 10.1. The van der Waals surface area contributed by atoms with E-state index in [0.29, 0.717) is 5.75 Å². The average molecular weight is 328 g/mol. The second-order valence-corrected chi connectivity index (χ2v) is 5.39. The molecule has 0 saturated carbocycles. The molecule has 2 rings (SSSR count). The van der Waals surface area contributed by atoms with Gasteiger partial charge in [0.15, 0.2) is 0 Å². The van der Waals surface area contributed by atoms with Gasteiger partial charge in [-0.2, -0.15) is 13.2 Å². The summed E-state index contributed by atoms with van der Waals surface area (Å²) in [7, 11) is 0. The van der Waals surface area contributed by atoms with Crippen LogP contribution in [0, 0.1) is 11.8 Å². The van der Waals surface area contributed by atoms with Crippen LogP contribution in [0.1, 0.15) is 11.1 Å². The standard InChI is InChI=1S/C14H11F3N2O2S/c15-14(16,17)10-5-1-3-9(7-10)4-2-6-18-12(20)11-8-22-13(21)19-11/h1,3,5,7,11H,6,8H2,(H,18,20)(H,19,21). The molecular weight excluding hydrogens is 317 g/mol. The molecule has 1 saturated heterocycles. The van der Waals surface area contributed by atoms with E-state index in [1.165, 1.54) is 12.1 Å². The Bertz CT molecular complexity index is 649. The highest BCUT2D eigenvalue weighted by molar-refractivity contribution is 8.14. The summed E-state index contributed by atoms with van der Waals surface area (Å²) in [5, 5.41) is 4.72. The van der Waals surface area contributed by atoms with Crippen LogP contribution in [0.15, 0.2) is 24.3 Å². The molecule has 0 spiro atoms. The summed E-state index contributed by atoms with van der Waals surface area (Å²) >= 11 is 1.02. The van der Waals surface area contributed by atoms with Gasteiger partial charge in [0, 0.05) is 11.3 Å². The van der Waals surface area contributed by atoms with Gasteiger partial charge in [-0.15, -0.1) is 0 Å². The molecule has 116 valence electrons. The summed E-state index contributed by atoms with van der Waals surface area (Å²) in [5.41, 5.74) is -0.553. The molecule has 1 heterocycles. The van der Waals surface area contributed by atoms with Gasteiger partial charge in [0.05, 0.1) is 12.1 Å². The van der Waals surface area contributed by atoms with Crippen molar-refractivity contribution in [3.05, 3.63) is 35.4 Å². The minimum absolute atomic E-state index is 0.00782. The van der Waals surface area contributed by atoms with Gasteiger partial charge in [-0.1, -0.05) is 29.7 Å². The van der Waals surface area contributed by atoms with Crippen molar-refractivity contribution in [2.75, 3.05) is 12.3 Å². The maximum Gasteiger partial charge on any atom is 0.416 e. The van der Waals surface area contributed by atoms with Crippen molar-refractivity contribution in [2.45, 2.75) is 12.2 Å². The van der Waals surface area contributed by atoms with E-state index in [4.69, 9.17) is 0 Å². The number of carbonyl (C=O) groups is 2. The number of carbonyl (C=O) groups excluding carboxylic acids is 2. The van der Waals surface area contributed by atoms with E-state index in [9.17, 15) is 22.8 Å². The maximum atomic E-state index is 12.5. The largest absolute Gasteiger partial charge is 0.416 e. The summed E-state index contributed by atoms with van der Waals surface area (Å²) in [4.78, 5) is 22.6. The molecule has 0 radical (unpaired) electrons. The molecule has 2 amide bonds. The Labute approximate surface area is 128 Å². The summed E-state index contributed by atoms with van der Waals surface area (Å²) < 4.78 is 37.6. The zero-order valence-corrected chi connectivity index (χ0v) is 12.0. The van der Waals surface area contributed by atoms with Crippen molar-refractivity contribution in [2.24, 2.45) is 0 Å². The van der Waals surface area contributed by atoms with Gasteiger partial charge in [-0.3, -0.25) is 9.59 Å². The van der Waals surface area contributed by atoms with Crippen molar-refractivity contribution in [3.8, 4) is 11.8 Å². The normalized spacial score (nSPS) is 17.4. The predicted molar refractivity (Wildman–Crippen MR) is 76.1 cm³/mol. The fourth-order valence-electron chi connectivity index (χ4n) is 1.70. The Morgan fingerprint density at radius 2 is 2.23 bits per heavy atom. The zero-order valence-electron chi connectivity index (χ0n) is 11.2. The van der Waals surface area contributed by atoms with E-state index in [1.54, 1.807) is 0 Å². The summed E-state index contributed by atoms with van der Waals surface area (Å²) in [5.74, 6) is 5.12. The highest BCUT2D eigenvalue weighted by Crippen LogP contribution is 2.29. The van der Waals surface area contributed by atoms with E-state index in [0.717, 1.165) is 23.9 Å². The van der Waals surface area contributed by atoms with Crippen molar-refractivity contribution in [1.29, 1.82) is 0 Å². The Hall–Kier alpha value is -2.14. The highest BCUT2D eigenvalue weighted by Gasteiger charge is 2.30. The Kier molecular flexibility index (Phi) is 4.98. The van der Waals surface area contributed by atoms with E-state index >= 15 is 0 Å². The second-order valence-electron chi connectivity index (χ2n) is 4.39. The molecule has 4 nitrogen and oxygen atoms in total. The third kappa shape index (κ3) is 4.43. The van der Waals surface area contributed by atoms with Crippen LogP contribution in [0.5, 0.6) is 0 Å². The minimum atomic E-state index is -4.41. The topological polar surface area (TPSA) is 58.2 Å². The summed E-state index contributed by atoms with van der Waals surface area (Å²) in [6.45, 7) is -0.00782. The van der Waals surface area contributed by atoms with Crippen molar-refractivity contribution < 1.29 is 22.8 Å². The van der Waals surface area contributed by atoms with Crippen LogP contribution in [0.3, 0.4) is 0 Å². The number of halogens is 3. The number of hydrogen-bond donors (Lipinski definition) is 2. The molecule has 8 heteroatoms. The molecule has 1 aromatic carbocycles. The zero-order chi connectivity index (χ0) is 16.2. The highest BCUT2D eigenvalue weighted by atomic mass is 32.2. The van der Waals surface area contributed by atoms with Crippen LogP contribution in [0.25, 0.3) is 0 Å². The molecule has 1 unspecified atom stereocenters. The molecule has 1 atom stereocenters. The van der Waals surface area contributed by atoms with Crippen LogP contribution in [0.4, 0.5) is 18.0 Å². The molecule has 1 aliphatic heterocycles. The minimum Gasteiger partial charge on any atom is -0.343 e. The van der Waals surface area contributed by atoms with Crippen molar-refractivity contribution >= 4 is 22.9 Å². The first-order valence-electron chi connectivity index (χ1n) is 6.23. The number of amides is 2. The fraction of sp³-hybridized carbons (Fsp3) is 0.286. The van der Waals surface area contributed by atoms with Gasteiger partial charge in [-0.25, -0.2) is 0 Å². The lowest BCUT2D eigenvalue weighted by Crippen LogP contribution is -2.42. The number of nitrogens with one attached hydrogen (secondary N) is 2. The van der Waals surface area contributed by atoms with E-state index in [2.05, 4.69) is 22.5 Å². The van der Waals surface area contributed by atoms with E-state index in [-0.39, 0.29) is 23.3 Å². The third-order valence-corrected chi connectivity index (χ3v) is 3.64. The van der Waals surface area contributed by atoms with Gasteiger partial charge in [0.2, 0.25) is 5.91 Å². The number of rotatable bonds is 2. The average Bonchev–Trinajstić information content (AvgIpc) is 2.89. The van der Waals surface area contributed by atoms with Crippen LogP contribution in [-0.4, -0.2) is 29.5 Å². The Morgan fingerprint density at radius 3 is 2.86 bits per heavy atom. The lowest BCUT2D eigenvalue weighted by molar-refractivity contribution is -0.137. The first kappa shape index (κ1) is 16.2. The quantitative estimate of drug-likeness (QED) is 0.817. The van der Waals surface area contributed by atoms with E-state index in [1.807, 2.05) is 0 Å². The predicted octanol–water partition coefficient (Wildman–Crippen LogP) is 2.00. The second kappa shape index (κ2) is 6.75. The van der Waals surface area contributed by atoms with Crippen LogP contribution < -0.4 is 10.6 Å². The van der Waals surface area contributed by atoms with Crippen LogP contribution in [0.2, 0.25) is 0 Å². The molecule has 1 fully saturated rings. The summed E-state index contributed by atoms with van der Waals surface area (Å²) in [6, 6.07) is 4.05. The Morgan fingerprint density at radius 1 is 1.45 bits per heavy atom. The number of thioether (sulfide) groups is 1. The number of benzene rings is 1. The van der Waals surface area contributed by atoms with Crippen molar-refractivity contribution in [1.82, 2.24) is 10.6 Å². The number of hydrogen-bond acceptors (Lipinski definition) is 3. The molecule has 0 bridgehead atoms. The SMILES string of the molecule is O=C1NC(C(=O)NCC#Cc2cccc(C(F)(F)F)c2)CS1. The monoisotopic (exact) mass is 328 g/mol. The third-order valence-electron chi connectivity index (χ3n) is 2.76. The molecule has 0 aromatic heterocycles.